The van der Waals surface area contributed by atoms with Crippen LogP contribution in [0.5, 0.6) is 0 Å². The van der Waals surface area contributed by atoms with E-state index in [0.29, 0.717) is 12.0 Å². The van der Waals surface area contributed by atoms with Crippen LogP contribution in [0, 0.1) is 25.5 Å². The van der Waals surface area contributed by atoms with Crippen LogP contribution < -0.4 is 5.32 Å². The number of rotatable bonds is 5. The maximum atomic E-state index is 13.8. The molecule has 1 nitrogen and oxygen atoms in total. The van der Waals surface area contributed by atoms with E-state index in [-0.39, 0.29) is 6.04 Å². The van der Waals surface area contributed by atoms with E-state index < -0.39 is 11.6 Å². The van der Waals surface area contributed by atoms with Crippen LogP contribution >= 0.6 is 11.3 Å². The first-order valence-corrected chi connectivity index (χ1v) is 7.57. The first kappa shape index (κ1) is 15.1. The highest BCUT2D eigenvalue weighted by Crippen LogP contribution is 2.29. The van der Waals surface area contributed by atoms with Gasteiger partial charge in [-0.2, -0.15) is 0 Å². The van der Waals surface area contributed by atoms with Gasteiger partial charge in [0, 0.05) is 15.8 Å². The van der Waals surface area contributed by atoms with Crippen LogP contribution in [0.1, 0.15) is 33.8 Å². The van der Waals surface area contributed by atoms with Gasteiger partial charge in [0.1, 0.15) is 0 Å². The molecule has 2 rings (SSSR count). The summed E-state index contributed by atoms with van der Waals surface area (Å²) in [5, 5.41) is 3.36. The molecule has 0 saturated carbocycles. The summed E-state index contributed by atoms with van der Waals surface area (Å²) >= 11 is 1.71. The highest BCUT2D eigenvalue weighted by atomic mass is 32.1. The van der Waals surface area contributed by atoms with E-state index in [1.165, 1.54) is 15.3 Å². The number of thiophene rings is 1. The monoisotopic (exact) mass is 295 g/mol. The third kappa shape index (κ3) is 3.25. The molecule has 1 aromatic carbocycles. The number of halogens is 2. The van der Waals surface area contributed by atoms with Crippen molar-refractivity contribution in [2.45, 2.75) is 33.2 Å². The maximum Gasteiger partial charge on any atom is 0.162 e. The van der Waals surface area contributed by atoms with Gasteiger partial charge < -0.3 is 5.32 Å². The Morgan fingerprint density at radius 2 is 2.00 bits per heavy atom. The lowest BCUT2D eigenvalue weighted by atomic mass is 10.0. The molecule has 0 fully saturated rings. The predicted octanol–water partition coefficient (Wildman–Crippen LogP) is 4.54. The lowest BCUT2D eigenvalue weighted by Gasteiger charge is -2.17. The molecule has 1 heterocycles. The molecule has 4 heteroatoms. The van der Waals surface area contributed by atoms with Gasteiger partial charge in [-0.15, -0.1) is 11.3 Å². The van der Waals surface area contributed by atoms with Crippen LogP contribution in [-0.4, -0.2) is 6.54 Å². The van der Waals surface area contributed by atoms with E-state index >= 15 is 0 Å². The van der Waals surface area contributed by atoms with Gasteiger partial charge in [0.15, 0.2) is 11.6 Å². The predicted molar refractivity (Wildman–Crippen MR) is 80.3 cm³/mol. The van der Waals surface area contributed by atoms with Gasteiger partial charge in [0.2, 0.25) is 0 Å². The summed E-state index contributed by atoms with van der Waals surface area (Å²) in [5.41, 5.74) is 1.66. The van der Waals surface area contributed by atoms with E-state index in [9.17, 15) is 8.78 Å². The fourth-order valence-corrected chi connectivity index (χ4v) is 3.34. The van der Waals surface area contributed by atoms with Gasteiger partial charge in [-0.3, -0.25) is 0 Å². The first-order chi connectivity index (χ1) is 9.52. The van der Waals surface area contributed by atoms with E-state index in [0.717, 1.165) is 12.6 Å². The van der Waals surface area contributed by atoms with Crippen molar-refractivity contribution in [2.24, 2.45) is 0 Å². The van der Waals surface area contributed by atoms with Gasteiger partial charge in [-0.25, -0.2) is 8.78 Å². The molecule has 1 unspecified atom stereocenters. The zero-order chi connectivity index (χ0) is 14.7. The first-order valence-electron chi connectivity index (χ1n) is 6.76. The van der Waals surface area contributed by atoms with Gasteiger partial charge in [-0.1, -0.05) is 19.1 Å². The van der Waals surface area contributed by atoms with Crippen molar-refractivity contribution >= 4 is 11.3 Å². The molecule has 2 aromatic rings. The van der Waals surface area contributed by atoms with Crippen LogP contribution in [0.15, 0.2) is 24.3 Å². The third-order valence-corrected chi connectivity index (χ3v) is 4.70. The molecule has 0 aliphatic rings. The number of likely N-dealkylation sites (N-methyl/N-ethyl adjacent to an activating group) is 1. The van der Waals surface area contributed by atoms with E-state index in [1.807, 2.05) is 6.92 Å². The second-order valence-electron chi connectivity index (χ2n) is 4.92. The fraction of sp³-hybridized carbons (Fsp3) is 0.375. The summed E-state index contributed by atoms with van der Waals surface area (Å²) in [6.07, 6.45) is 0.455. The number of aryl methyl sites for hydroxylation is 2. The number of benzene rings is 1. The highest BCUT2D eigenvalue weighted by molar-refractivity contribution is 7.12. The molecule has 0 aliphatic carbocycles. The van der Waals surface area contributed by atoms with Crippen molar-refractivity contribution in [3.05, 3.63) is 56.8 Å². The molecule has 108 valence electrons. The Morgan fingerprint density at radius 1 is 1.25 bits per heavy atom. The minimum absolute atomic E-state index is 0.0219. The Morgan fingerprint density at radius 3 is 2.60 bits per heavy atom. The van der Waals surface area contributed by atoms with Crippen molar-refractivity contribution in [1.29, 1.82) is 0 Å². The molecule has 1 aromatic heterocycles. The van der Waals surface area contributed by atoms with Crippen LogP contribution in [0.4, 0.5) is 8.78 Å². The Labute approximate surface area is 122 Å². The van der Waals surface area contributed by atoms with Crippen molar-refractivity contribution in [1.82, 2.24) is 5.32 Å². The zero-order valence-electron chi connectivity index (χ0n) is 12.0. The topological polar surface area (TPSA) is 12.0 Å². The number of nitrogens with one attached hydrogen (secondary N) is 1. The molecule has 1 N–H and O–H groups in total. The van der Waals surface area contributed by atoms with Crippen molar-refractivity contribution in [3.63, 3.8) is 0 Å². The molecule has 0 radical (unpaired) electrons. The maximum absolute atomic E-state index is 13.8. The van der Waals surface area contributed by atoms with E-state index in [1.54, 1.807) is 23.5 Å². The molecule has 0 bridgehead atoms. The fourth-order valence-electron chi connectivity index (χ4n) is 2.22. The van der Waals surface area contributed by atoms with Crippen molar-refractivity contribution in [2.75, 3.05) is 6.54 Å². The van der Waals surface area contributed by atoms with Crippen LogP contribution in [0.25, 0.3) is 0 Å². The zero-order valence-corrected chi connectivity index (χ0v) is 12.8. The van der Waals surface area contributed by atoms with Gasteiger partial charge >= 0.3 is 0 Å². The largest absolute Gasteiger partial charge is 0.309 e. The van der Waals surface area contributed by atoms with Crippen LogP contribution in [-0.2, 0) is 6.42 Å². The summed E-state index contributed by atoms with van der Waals surface area (Å²) in [7, 11) is 0. The van der Waals surface area contributed by atoms with Crippen molar-refractivity contribution < 1.29 is 8.78 Å². The molecular formula is C16H19F2NS. The Hall–Kier alpha value is -1.26. The highest BCUT2D eigenvalue weighted by Gasteiger charge is 2.17. The molecule has 1 atom stereocenters. The second kappa shape index (κ2) is 6.46. The number of hydrogen-bond acceptors (Lipinski definition) is 2. The summed E-state index contributed by atoms with van der Waals surface area (Å²) in [4.78, 5) is 2.44. The lowest BCUT2D eigenvalue weighted by Crippen LogP contribution is -2.22. The van der Waals surface area contributed by atoms with E-state index in [4.69, 9.17) is 0 Å². The third-order valence-electron chi connectivity index (χ3n) is 3.43. The van der Waals surface area contributed by atoms with Gasteiger partial charge in [0.05, 0.1) is 0 Å². The summed E-state index contributed by atoms with van der Waals surface area (Å²) in [6, 6.07) is 6.51. The number of hydrogen-bond donors (Lipinski definition) is 1. The Balaban J connectivity index is 2.27. The van der Waals surface area contributed by atoms with Crippen molar-refractivity contribution in [3.8, 4) is 0 Å². The summed E-state index contributed by atoms with van der Waals surface area (Å²) < 4.78 is 27.1. The normalized spacial score (nSPS) is 12.7. The quantitative estimate of drug-likeness (QED) is 0.854. The van der Waals surface area contributed by atoms with E-state index in [2.05, 4.69) is 25.2 Å². The smallest absolute Gasteiger partial charge is 0.162 e. The minimum Gasteiger partial charge on any atom is -0.309 e. The average Bonchev–Trinajstić information content (AvgIpc) is 2.74. The molecular weight excluding hydrogens is 276 g/mol. The molecule has 20 heavy (non-hydrogen) atoms. The SMILES string of the molecule is CCNC(Cc1cccc(F)c1F)c1cc(C)c(C)s1. The Kier molecular flexibility index (Phi) is 4.89. The van der Waals surface area contributed by atoms with Gasteiger partial charge in [0.25, 0.3) is 0 Å². The Bertz CT molecular complexity index is 573. The summed E-state index contributed by atoms with van der Waals surface area (Å²) in [5.74, 6) is -1.52. The molecule has 0 spiro atoms. The lowest BCUT2D eigenvalue weighted by molar-refractivity contribution is 0.483. The minimum atomic E-state index is -0.781. The van der Waals surface area contributed by atoms with Gasteiger partial charge in [-0.05, 0) is 50.1 Å². The standard InChI is InChI=1S/C16H19F2NS/c1-4-19-14(15-8-10(2)11(3)20-15)9-12-6-5-7-13(17)16(12)18/h5-8,14,19H,4,9H2,1-3H3. The van der Waals surface area contributed by atoms with Crippen LogP contribution in [0.2, 0.25) is 0 Å². The molecule has 0 amide bonds. The average molecular weight is 295 g/mol. The summed E-state index contributed by atoms with van der Waals surface area (Å²) in [6.45, 7) is 6.95. The van der Waals surface area contributed by atoms with Crippen LogP contribution in [0.3, 0.4) is 0 Å². The molecule has 0 aliphatic heterocycles. The second-order valence-corrected chi connectivity index (χ2v) is 6.20. The molecule has 0 saturated heterocycles.